The van der Waals surface area contributed by atoms with Gasteiger partial charge in [-0.1, -0.05) is 11.6 Å². The lowest BCUT2D eigenvalue weighted by Gasteiger charge is -1.77. The summed E-state index contributed by atoms with van der Waals surface area (Å²) in [6, 6.07) is 2.90. The molecule has 6 heteroatoms. The van der Waals surface area contributed by atoms with Gasteiger partial charge in [0.15, 0.2) is 0 Å². The fourth-order valence-corrected chi connectivity index (χ4v) is 1.51. The smallest absolute Gasteiger partial charge is 0.258 e. The third-order valence-electron chi connectivity index (χ3n) is 0.974. The van der Waals surface area contributed by atoms with Gasteiger partial charge in [0.1, 0.15) is 10.4 Å². The summed E-state index contributed by atoms with van der Waals surface area (Å²) < 4.78 is 0.166. The van der Waals surface area contributed by atoms with E-state index in [0.29, 0.717) is 0 Å². The second-order valence-corrected chi connectivity index (χ2v) is 3.27. The molecular formula is C5HClN2O2S. The number of hydrogen-bond acceptors (Lipinski definition) is 4. The summed E-state index contributed by atoms with van der Waals surface area (Å²) in [5.41, 5.74) is 0.156. The van der Waals surface area contributed by atoms with Crippen molar-refractivity contribution in [2.45, 2.75) is 0 Å². The lowest BCUT2D eigenvalue weighted by molar-refractivity contribution is -0.380. The predicted molar refractivity (Wildman–Crippen MR) is 40.7 cm³/mol. The van der Waals surface area contributed by atoms with Gasteiger partial charge >= 0.3 is 5.00 Å². The Hall–Kier alpha value is -1.12. The molecule has 0 saturated heterocycles. The van der Waals surface area contributed by atoms with Gasteiger partial charge in [-0.2, -0.15) is 5.26 Å². The third kappa shape index (κ3) is 1.48. The third-order valence-corrected chi connectivity index (χ3v) is 2.28. The first-order valence-corrected chi connectivity index (χ1v) is 3.68. The minimum atomic E-state index is -0.572. The Morgan fingerprint density at radius 3 is 2.73 bits per heavy atom. The molecule has 0 aliphatic heterocycles. The zero-order chi connectivity index (χ0) is 8.43. The average molecular weight is 189 g/mol. The molecule has 0 N–H and O–H groups in total. The van der Waals surface area contributed by atoms with Gasteiger partial charge in [0.2, 0.25) is 0 Å². The molecule has 0 atom stereocenters. The van der Waals surface area contributed by atoms with Crippen molar-refractivity contribution in [3.8, 4) is 6.07 Å². The molecule has 0 bridgehead atoms. The van der Waals surface area contributed by atoms with E-state index in [1.807, 2.05) is 0 Å². The number of nitrogens with zero attached hydrogens (tertiary/aromatic N) is 2. The van der Waals surface area contributed by atoms with Crippen molar-refractivity contribution in [2.75, 3.05) is 0 Å². The van der Waals surface area contributed by atoms with Crippen LogP contribution in [0.25, 0.3) is 0 Å². The van der Waals surface area contributed by atoms with E-state index in [0.717, 1.165) is 17.4 Å². The van der Waals surface area contributed by atoms with E-state index in [1.54, 1.807) is 6.07 Å². The second-order valence-electron chi connectivity index (χ2n) is 1.64. The summed E-state index contributed by atoms with van der Waals surface area (Å²) in [5.74, 6) is 0. The van der Waals surface area contributed by atoms with Gasteiger partial charge in [-0.05, 0) is 11.3 Å². The van der Waals surface area contributed by atoms with Gasteiger partial charge in [-0.3, -0.25) is 10.1 Å². The highest BCUT2D eigenvalue weighted by atomic mass is 35.5. The monoisotopic (exact) mass is 188 g/mol. The van der Waals surface area contributed by atoms with Crippen LogP contribution in [-0.4, -0.2) is 4.92 Å². The Kier molecular flexibility index (Phi) is 2.08. The lowest BCUT2D eigenvalue weighted by atomic mass is 10.4. The van der Waals surface area contributed by atoms with Crippen LogP contribution < -0.4 is 0 Å². The van der Waals surface area contributed by atoms with Crippen molar-refractivity contribution < 1.29 is 4.92 Å². The van der Waals surface area contributed by atoms with Crippen LogP contribution in [0.1, 0.15) is 5.56 Å². The Morgan fingerprint density at radius 2 is 2.45 bits per heavy atom. The summed E-state index contributed by atoms with van der Waals surface area (Å²) in [4.78, 5) is 9.56. The molecule has 56 valence electrons. The van der Waals surface area contributed by atoms with Gasteiger partial charge in [0.05, 0.1) is 10.5 Å². The molecule has 0 spiro atoms. The molecule has 0 aliphatic rings. The first-order valence-electron chi connectivity index (χ1n) is 2.49. The van der Waals surface area contributed by atoms with E-state index in [2.05, 4.69) is 0 Å². The Morgan fingerprint density at radius 1 is 1.82 bits per heavy atom. The first-order chi connectivity index (χ1) is 5.15. The summed E-state index contributed by atoms with van der Waals surface area (Å²) >= 11 is 6.27. The SMILES string of the molecule is N#Cc1cc([N+](=O)[O-])sc1Cl. The van der Waals surface area contributed by atoms with Gasteiger partial charge in [0, 0.05) is 6.07 Å². The van der Waals surface area contributed by atoms with Crippen molar-refractivity contribution in [1.29, 1.82) is 5.26 Å². The van der Waals surface area contributed by atoms with Crippen LogP contribution in [0.4, 0.5) is 5.00 Å². The maximum atomic E-state index is 10.1. The maximum absolute atomic E-state index is 10.1. The van der Waals surface area contributed by atoms with Crippen molar-refractivity contribution in [3.63, 3.8) is 0 Å². The second kappa shape index (κ2) is 2.86. The van der Waals surface area contributed by atoms with Crippen LogP contribution in [0.3, 0.4) is 0 Å². The summed E-state index contributed by atoms with van der Waals surface area (Å²) in [6.45, 7) is 0. The van der Waals surface area contributed by atoms with E-state index in [4.69, 9.17) is 16.9 Å². The largest absolute Gasteiger partial charge is 0.326 e. The van der Waals surface area contributed by atoms with Crippen LogP contribution >= 0.6 is 22.9 Å². The Bertz CT molecular complexity index is 341. The molecule has 1 aromatic heterocycles. The average Bonchev–Trinajstić information content (AvgIpc) is 2.31. The molecule has 1 heterocycles. The fourth-order valence-electron chi connectivity index (χ4n) is 0.523. The van der Waals surface area contributed by atoms with E-state index >= 15 is 0 Å². The van der Waals surface area contributed by atoms with E-state index < -0.39 is 4.92 Å². The van der Waals surface area contributed by atoms with Crippen LogP contribution in [0.15, 0.2) is 6.07 Å². The zero-order valence-corrected chi connectivity index (χ0v) is 6.65. The van der Waals surface area contributed by atoms with Crippen molar-refractivity contribution >= 4 is 27.9 Å². The quantitative estimate of drug-likeness (QED) is 0.501. The molecule has 11 heavy (non-hydrogen) atoms. The molecule has 4 nitrogen and oxygen atoms in total. The highest BCUT2D eigenvalue weighted by molar-refractivity contribution is 7.19. The van der Waals surface area contributed by atoms with Crippen LogP contribution in [0.2, 0.25) is 4.34 Å². The number of rotatable bonds is 1. The standard InChI is InChI=1S/C5HClN2O2S/c6-5-3(2-7)1-4(11-5)8(9)10/h1H. The topological polar surface area (TPSA) is 66.9 Å². The molecule has 0 amide bonds. The maximum Gasteiger partial charge on any atom is 0.326 e. The summed E-state index contributed by atoms with van der Waals surface area (Å²) in [6.07, 6.45) is 0. The van der Waals surface area contributed by atoms with Crippen LogP contribution in [0.5, 0.6) is 0 Å². The normalized spacial score (nSPS) is 9.09. The predicted octanol–water partition coefficient (Wildman–Crippen LogP) is 2.18. The number of nitriles is 1. The van der Waals surface area contributed by atoms with Crippen LogP contribution in [0, 0.1) is 21.4 Å². The molecule has 0 saturated carbocycles. The zero-order valence-electron chi connectivity index (χ0n) is 5.07. The summed E-state index contributed by atoms with van der Waals surface area (Å²) in [5, 5.41) is 18.4. The van der Waals surface area contributed by atoms with E-state index in [-0.39, 0.29) is 14.9 Å². The fraction of sp³-hybridized carbons (Fsp3) is 0. The molecule has 0 fully saturated rings. The Labute approximate surface area is 70.8 Å². The lowest BCUT2D eigenvalue weighted by Crippen LogP contribution is -1.80. The molecule has 0 aliphatic carbocycles. The molecular weight excluding hydrogens is 188 g/mol. The van der Waals surface area contributed by atoms with Gasteiger partial charge in [-0.25, -0.2) is 0 Å². The molecule has 0 radical (unpaired) electrons. The van der Waals surface area contributed by atoms with E-state index in [9.17, 15) is 10.1 Å². The first kappa shape index (κ1) is 7.98. The summed E-state index contributed by atoms with van der Waals surface area (Å²) in [7, 11) is 0. The number of nitro groups is 1. The minimum absolute atomic E-state index is 0.105. The van der Waals surface area contributed by atoms with Crippen LogP contribution in [-0.2, 0) is 0 Å². The number of thiophene rings is 1. The minimum Gasteiger partial charge on any atom is -0.258 e. The highest BCUT2D eigenvalue weighted by Gasteiger charge is 2.14. The van der Waals surface area contributed by atoms with Crippen molar-refractivity contribution in [3.05, 3.63) is 26.1 Å². The van der Waals surface area contributed by atoms with E-state index in [1.165, 1.54) is 0 Å². The molecule has 0 unspecified atom stereocenters. The van der Waals surface area contributed by atoms with Crippen molar-refractivity contribution in [2.24, 2.45) is 0 Å². The molecule has 0 aromatic carbocycles. The number of hydrogen-bond donors (Lipinski definition) is 0. The number of halogens is 1. The molecule has 1 rings (SSSR count). The van der Waals surface area contributed by atoms with Crippen molar-refractivity contribution in [1.82, 2.24) is 0 Å². The Balaban J connectivity index is 3.18. The highest BCUT2D eigenvalue weighted by Crippen LogP contribution is 2.32. The van der Waals surface area contributed by atoms with Gasteiger partial charge in [-0.15, -0.1) is 0 Å². The van der Waals surface area contributed by atoms with Gasteiger partial charge < -0.3 is 0 Å². The van der Waals surface area contributed by atoms with Gasteiger partial charge in [0.25, 0.3) is 0 Å². The molecule has 1 aromatic rings.